The molecule has 2 heterocycles. The van der Waals surface area contributed by atoms with E-state index in [4.69, 9.17) is 0 Å². The lowest BCUT2D eigenvalue weighted by Gasteiger charge is -2.41. The molecule has 2 unspecified atom stereocenters. The third-order valence-corrected chi connectivity index (χ3v) is 4.81. The summed E-state index contributed by atoms with van der Waals surface area (Å²) in [7, 11) is -3.89. The van der Waals surface area contributed by atoms with Gasteiger partial charge in [0.1, 0.15) is 5.72 Å². The summed E-state index contributed by atoms with van der Waals surface area (Å²) in [5.74, 6) is 0. The molecular weight excluding hydrogens is 259 g/mol. The van der Waals surface area contributed by atoms with Gasteiger partial charge in [0.15, 0.2) is 0 Å². The smallest absolute Gasteiger partial charge is 0.275 e. The summed E-state index contributed by atoms with van der Waals surface area (Å²) in [5.41, 5.74) is -6.63. The highest BCUT2D eigenvalue weighted by molar-refractivity contribution is 7.87. The zero-order chi connectivity index (χ0) is 12.9. The first-order valence-electron chi connectivity index (χ1n) is 5.43. The van der Waals surface area contributed by atoms with E-state index < -0.39 is 21.4 Å². The molecule has 2 aliphatic heterocycles. The standard InChI is InChI=1S/C9H14F3NO3S/c1-13-7-3-2-5-8(13,6-4-7)16-17(14,15)9(10,11)12/h7H,2-6H2,1H3. The van der Waals surface area contributed by atoms with Gasteiger partial charge in [-0.25, -0.2) is 4.18 Å². The molecule has 2 fully saturated rings. The Labute approximate surface area is 97.9 Å². The topological polar surface area (TPSA) is 46.6 Å². The van der Waals surface area contributed by atoms with Gasteiger partial charge in [-0.15, -0.1) is 0 Å². The number of halogens is 3. The average Bonchev–Trinajstić information content (AvgIpc) is 2.38. The normalized spacial score (nSPS) is 35.2. The van der Waals surface area contributed by atoms with E-state index in [1.807, 2.05) is 0 Å². The summed E-state index contributed by atoms with van der Waals surface area (Å²) < 4.78 is 63.6. The van der Waals surface area contributed by atoms with Gasteiger partial charge in [-0.2, -0.15) is 21.6 Å². The fraction of sp³-hybridized carbons (Fsp3) is 1.00. The molecule has 2 rings (SSSR count). The Hall–Kier alpha value is -0.340. The van der Waals surface area contributed by atoms with Crippen molar-refractivity contribution in [1.82, 2.24) is 4.90 Å². The molecule has 0 aromatic carbocycles. The monoisotopic (exact) mass is 273 g/mol. The van der Waals surface area contributed by atoms with E-state index >= 15 is 0 Å². The van der Waals surface area contributed by atoms with Crippen LogP contribution in [-0.2, 0) is 14.3 Å². The molecule has 0 radical (unpaired) electrons. The first-order valence-corrected chi connectivity index (χ1v) is 6.84. The fourth-order valence-corrected chi connectivity index (χ4v) is 3.53. The van der Waals surface area contributed by atoms with Gasteiger partial charge < -0.3 is 0 Å². The largest absolute Gasteiger partial charge is 0.523 e. The van der Waals surface area contributed by atoms with Crippen molar-refractivity contribution in [3.8, 4) is 0 Å². The van der Waals surface area contributed by atoms with Crippen molar-refractivity contribution in [1.29, 1.82) is 0 Å². The van der Waals surface area contributed by atoms with E-state index in [0.29, 0.717) is 25.7 Å². The maximum absolute atomic E-state index is 12.3. The predicted octanol–water partition coefficient (Wildman–Crippen LogP) is 1.83. The van der Waals surface area contributed by atoms with Crippen LogP contribution in [-0.4, -0.2) is 37.6 Å². The quantitative estimate of drug-likeness (QED) is 0.569. The van der Waals surface area contributed by atoms with Gasteiger partial charge in [-0.3, -0.25) is 4.90 Å². The zero-order valence-electron chi connectivity index (χ0n) is 9.33. The fourth-order valence-electron chi connectivity index (χ4n) is 2.74. The summed E-state index contributed by atoms with van der Waals surface area (Å²) in [6.45, 7) is 0. The number of nitrogens with zero attached hydrogens (tertiary/aromatic N) is 1. The number of hydrogen-bond acceptors (Lipinski definition) is 4. The Morgan fingerprint density at radius 2 is 1.94 bits per heavy atom. The van der Waals surface area contributed by atoms with Crippen molar-refractivity contribution >= 4 is 10.1 Å². The molecule has 0 aliphatic carbocycles. The second kappa shape index (κ2) is 3.83. The number of alkyl halides is 3. The van der Waals surface area contributed by atoms with Gasteiger partial charge in [0.25, 0.3) is 0 Å². The minimum absolute atomic E-state index is 0.132. The van der Waals surface area contributed by atoms with Gasteiger partial charge in [-0.1, -0.05) is 0 Å². The molecule has 0 saturated carbocycles. The molecule has 2 saturated heterocycles. The molecule has 4 nitrogen and oxygen atoms in total. The molecule has 0 spiro atoms. The lowest BCUT2D eigenvalue weighted by Crippen LogP contribution is -2.52. The minimum atomic E-state index is -5.52. The lowest BCUT2D eigenvalue weighted by atomic mass is 10.0. The van der Waals surface area contributed by atoms with Crippen LogP contribution < -0.4 is 0 Å². The van der Waals surface area contributed by atoms with Gasteiger partial charge >= 0.3 is 15.6 Å². The summed E-state index contributed by atoms with van der Waals surface area (Å²) in [6.07, 6.45) is 2.93. The first kappa shape index (κ1) is 13.1. The molecule has 0 N–H and O–H groups in total. The predicted molar refractivity (Wildman–Crippen MR) is 53.4 cm³/mol. The van der Waals surface area contributed by atoms with Crippen molar-refractivity contribution in [3.05, 3.63) is 0 Å². The van der Waals surface area contributed by atoms with Crippen LogP contribution in [0.3, 0.4) is 0 Å². The van der Waals surface area contributed by atoms with Crippen LogP contribution in [0.4, 0.5) is 13.2 Å². The summed E-state index contributed by atoms with van der Waals surface area (Å²) in [6, 6.07) is 0.132. The van der Waals surface area contributed by atoms with Crippen molar-refractivity contribution < 1.29 is 25.8 Å². The van der Waals surface area contributed by atoms with Crippen molar-refractivity contribution in [3.63, 3.8) is 0 Å². The van der Waals surface area contributed by atoms with Crippen molar-refractivity contribution in [2.24, 2.45) is 0 Å². The van der Waals surface area contributed by atoms with E-state index in [-0.39, 0.29) is 6.04 Å². The maximum Gasteiger partial charge on any atom is 0.523 e. The highest BCUT2D eigenvalue weighted by Gasteiger charge is 2.56. The van der Waals surface area contributed by atoms with Crippen LogP contribution in [0.15, 0.2) is 0 Å². The molecular formula is C9H14F3NO3S. The summed E-state index contributed by atoms with van der Waals surface area (Å²) in [4.78, 5) is 1.64. The second-order valence-corrected chi connectivity index (χ2v) is 6.16. The number of fused-ring (bicyclic) bond motifs is 2. The SMILES string of the molecule is CN1C2CCCC1(OS(=O)(=O)C(F)(F)F)CC2. The third-order valence-electron chi connectivity index (χ3n) is 3.71. The molecule has 100 valence electrons. The van der Waals surface area contributed by atoms with Gasteiger partial charge in [0.05, 0.1) is 0 Å². The Kier molecular flexibility index (Phi) is 2.95. The molecule has 8 heteroatoms. The van der Waals surface area contributed by atoms with Crippen LogP contribution in [0.5, 0.6) is 0 Å². The third kappa shape index (κ3) is 2.06. The minimum Gasteiger partial charge on any atom is -0.275 e. The van der Waals surface area contributed by atoms with Crippen LogP contribution in [0.25, 0.3) is 0 Å². The van der Waals surface area contributed by atoms with Crippen molar-refractivity contribution in [2.45, 2.75) is 49.4 Å². The Bertz CT molecular complexity index is 404. The highest BCUT2D eigenvalue weighted by atomic mass is 32.2. The number of piperidine rings is 1. The van der Waals surface area contributed by atoms with E-state index in [1.165, 1.54) is 0 Å². The van der Waals surface area contributed by atoms with Crippen molar-refractivity contribution in [2.75, 3.05) is 7.05 Å². The van der Waals surface area contributed by atoms with Gasteiger partial charge in [0, 0.05) is 6.04 Å². The van der Waals surface area contributed by atoms with Gasteiger partial charge in [0.2, 0.25) is 0 Å². The second-order valence-electron chi connectivity index (χ2n) is 4.63. The Morgan fingerprint density at radius 1 is 1.29 bits per heavy atom. The van der Waals surface area contributed by atoms with E-state index in [9.17, 15) is 21.6 Å². The highest BCUT2D eigenvalue weighted by Crippen LogP contribution is 2.46. The molecule has 2 aliphatic rings. The first-order chi connectivity index (χ1) is 7.68. The molecule has 0 amide bonds. The molecule has 2 bridgehead atoms. The summed E-state index contributed by atoms with van der Waals surface area (Å²) >= 11 is 0. The van der Waals surface area contributed by atoms with Crippen LogP contribution in [0, 0.1) is 0 Å². The van der Waals surface area contributed by atoms with Crippen LogP contribution >= 0.6 is 0 Å². The van der Waals surface area contributed by atoms with Gasteiger partial charge in [-0.05, 0) is 39.2 Å². The van der Waals surface area contributed by atoms with E-state index in [2.05, 4.69) is 4.18 Å². The maximum atomic E-state index is 12.3. The van der Waals surface area contributed by atoms with Crippen LogP contribution in [0.1, 0.15) is 32.1 Å². The lowest BCUT2D eigenvalue weighted by molar-refractivity contribution is -0.108. The number of rotatable bonds is 2. The average molecular weight is 273 g/mol. The zero-order valence-corrected chi connectivity index (χ0v) is 10.1. The number of hydrogen-bond donors (Lipinski definition) is 0. The van der Waals surface area contributed by atoms with E-state index in [1.54, 1.807) is 11.9 Å². The Morgan fingerprint density at radius 3 is 2.53 bits per heavy atom. The summed E-state index contributed by atoms with van der Waals surface area (Å²) in [5, 5.41) is 0. The molecule has 2 atom stereocenters. The molecule has 0 aromatic rings. The van der Waals surface area contributed by atoms with E-state index in [0.717, 1.165) is 6.42 Å². The Balaban J connectivity index is 2.24. The molecule has 17 heavy (non-hydrogen) atoms. The van der Waals surface area contributed by atoms with Crippen LogP contribution in [0.2, 0.25) is 0 Å². The molecule has 0 aromatic heterocycles.